The minimum absolute atomic E-state index is 0.408. The summed E-state index contributed by atoms with van der Waals surface area (Å²) in [6, 6.07) is 7.76. The maximum atomic E-state index is 10.4. The highest BCUT2D eigenvalue weighted by atomic mass is 16.5. The Balaban J connectivity index is 1.60. The summed E-state index contributed by atoms with van der Waals surface area (Å²) in [7, 11) is 1.66. The molecule has 0 aromatic heterocycles. The summed E-state index contributed by atoms with van der Waals surface area (Å²) in [5, 5.41) is 10.4. The molecule has 0 amide bonds. The predicted octanol–water partition coefficient (Wildman–Crippen LogP) is 2.46. The normalized spacial score (nSPS) is 28.3. The number of aliphatic hydroxyl groups excluding tert-OH is 1. The van der Waals surface area contributed by atoms with Crippen molar-refractivity contribution in [3.63, 3.8) is 0 Å². The van der Waals surface area contributed by atoms with Gasteiger partial charge in [-0.05, 0) is 42.4 Å². The quantitative estimate of drug-likeness (QED) is 0.903. The molecule has 3 atom stereocenters. The van der Waals surface area contributed by atoms with Crippen molar-refractivity contribution in [2.75, 3.05) is 26.7 Å². The van der Waals surface area contributed by atoms with E-state index < -0.39 is 6.10 Å². The van der Waals surface area contributed by atoms with Gasteiger partial charge >= 0.3 is 0 Å². The van der Waals surface area contributed by atoms with Crippen LogP contribution in [0.15, 0.2) is 24.3 Å². The van der Waals surface area contributed by atoms with Crippen molar-refractivity contribution < 1.29 is 9.84 Å². The number of nitrogens with zero attached hydrogens (tertiary/aromatic N) is 1. The molecule has 1 saturated heterocycles. The molecule has 1 saturated carbocycles. The van der Waals surface area contributed by atoms with E-state index in [9.17, 15) is 5.11 Å². The topological polar surface area (TPSA) is 32.7 Å². The van der Waals surface area contributed by atoms with Crippen LogP contribution in [0.1, 0.15) is 30.9 Å². The molecule has 3 heteroatoms. The molecule has 104 valence electrons. The Morgan fingerprint density at radius 3 is 2.74 bits per heavy atom. The van der Waals surface area contributed by atoms with E-state index in [1.807, 2.05) is 24.3 Å². The van der Waals surface area contributed by atoms with Crippen LogP contribution in [-0.4, -0.2) is 36.8 Å². The lowest BCUT2D eigenvalue weighted by Crippen LogP contribution is -2.27. The zero-order valence-corrected chi connectivity index (χ0v) is 11.6. The fourth-order valence-electron chi connectivity index (χ4n) is 3.68. The van der Waals surface area contributed by atoms with Crippen molar-refractivity contribution in [1.82, 2.24) is 4.90 Å². The van der Waals surface area contributed by atoms with Crippen LogP contribution in [0, 0.1) is 11.8 Å². The van der Waals surface area contributed by atoms with Gasteiger partial charge in [-0.25, -0.2) is 0 Å². The molecule has 19 heavy (non-hydrogen) atoms. The number of methoxy groups -OCH3 is 1. The zero-order valence-electron chi connectivity index (χ0n) is 11.6. The monoisotopic (exact) mass is 261 g/mol. The van der Waals surface area contributed by atoms with Gasteiger partial charge in [0.25, 0.3) is 0 Å². The van der Waals surface area contributed by atoms with Crippen molar-refractivity contribution in [2.24, 2.45) is 11.8 Å². The molecule has 2 fully saturated rings. The van der Waals surface area contributed by atoms with E-state index in [4.69, 9.17) is 4.74 Å². The van der Waals surface area contributed by atoms with Crippen LogP contribution < -0.4 is 4.74 Å². The van der Waals surface area contributed by atoms with Crippen molar-refractivity contribution in [3.05, 3.63) is 29.8 Å². The smallest absolute Gasteiger partial charge is 0.119 e. The van der Waals surface area contributed by atoms with Gasteiger partial charge in [-0.2, -0.15) is 0 Å². The van der Waals surface area contributed by atoms with Gasteiger partial charge in [0.05, 0.1) is 13.2 Å². The van der Waals surface area contributed by atoms with Gasteiger partial charge in [0, 0.05) is 19.6 Å². The van der Waals surface area contributed by atoms with Crippen LogP contribution >= 0.6 is 0 Å². The Morgan fingerprint density at radius 1 is 1.32 bits per heavy atom. The molecule has 1 aliphatic carbocycles. The van der Waals surface area contributed by atoms with Gasteiger partial charge in [-0.3, -0.25) is 4.90 Å². The van der Waals surface area contributed by atoms with Gasteiger partial charge in [0.2, 0.25) is 0 Å². The second-order valence-electron chi connectivity index (χ2n) is 5.96. The first-order chi connectivity index (χ1) is 9.26. The minimum atomic E-state index is -0.408. The Hall–Kier alpha value is -1.06. The Kier molecular flexibility index (Phi) is 3.76. The van der Waals surface area contributed by atoms with Gasteiger partial charge < -0.3 is 9.84 Å². The molecule has 1 heterocycles. The van der Waals surface area contributed by atoms with Crippen LogP contribution in [0.2, 0.25) is 0 Å². The summed E-state index contributed by atoms with van der Waals surface area (Å²) in [6.45, 7) is 3.09. The summed E-state index contributed by atoms with van der Waals surface area (Å²) in [6.07, 6.45) is 3.77. The van der Waals surface area contributed by atoms with Crippen molar-refractivity contribution in [3.8, 4) is 5.75 Å². The molecule has 3 rings (SSSR count). The van der Waals surface area contributed by atoms with Crippen LogP contribution in [0.3, 0.4) is 0 Å². The number of β-amino-alcohol motifs (C(OH)–C–C–N with tert-alkyl or cyclic N) is 1. The van der Waals surface area contributed by atoms with Crippen molar-refractivity contribution >= 4 is 0 Å². The van der Waals surface area contributed by atoms with Gasteiger partial charge in [0.15, 0.2) is 0 Å². The van der Waals surface area contributed by atoms with Crippen molar-refractivity contribution in [1.29, 1.82) is 0 Å². The molecule has 0 radical (unpaired) electrons. The highest BCUT2D eigenvalue weighted by Crippen LogP contribution is 2.38. The summed E-state index contributed by atoms with van der Waals surface area (Å²) in [5.41, 5.74) is 0.955. The standard InChI is InChI=1S/C16H23NO2/c1-19-15-7-3-4-12(8-15)16(18)11-17-9-13-5-2-6-14(13)10-17/h3-4,7-8,13-14,16,18H,2,5-6,9-11H2,1H3. The average molecular weight is 261 g/mol. The lowest BCUT2D eigenvalue weighted by Gasteiger charge is -2.21. The first kappa shape index (κ1) is 12.9. The maximum absolute atomic E-state index is 10.4. The molecule has 1 N–H and O–H groups in total. The maximum Gasteiger partial charge on any atom is 0.119 e. The van der Waals surface area contributed by atoms with Crippen LogP contribution in [0.25, 0.3) is 0 Å². The largest absolute Gasteiger partial charge is 0.497 e. The number of benzene rings is 1. The number of likely N-dealkylation sites (tertiary alicyclic amines) is 1. The second kappa shape index (κ2) is 5.51. The number of hydrogen-bond acceptors (Lipinski definition) is 3. The SMILES string of the molecule is COc1cccc(C(O)CN2CC3CCCC3C2)c1. The van der Waals surface area contributed by atoms with Crippen LogP contribution in [0.4, 0.5) is 0 Å². The third-order valence-corrected chi connectivity index (χ3v) is 4.71. The molecule has 0 spiro atoms. The molecule has 1 aliphatic heterocycles. The fraction of sp³-hybridized carbons (Fsp3) is 0.625. The van der Waals surface area contributed by atoms with E-state index in [0.717, 1.165) is 29.7 Å². The Bertz CT molecular complexity index is 423. The second-order valence-corrected chi connectivity index (χ2v) is 5.96. The minimum Gasteiger partial charge on any atom is -0.497 e. The molecule has 1 aromatic carbocycles. The lowest BCUT2D eigenvalue weighted by molar-refractivity contribution is 0.121. The van der Waals surface area contributed by atoms with Crippen molar-refractivity contribution in [2.45, 2.75) is 25.4 Å². The number of ether oxygens (including phenoxy) is 1. The van der Waals surface area contributed by atoms with E-state index in [1.165, 1.54) is 32.4 Å². The Morgan fingerprint density at radius 2 is 2.05 bits per heavy atom. The van der Waals surface area contributed by atoms with Gasteiger partial charge in [-0.1, -0.05) is 18.6 Å². The summed E-state index contributed by atoms with van der Waals surface area (Å²) in [5.74, 6) is 2.59. The lowest BCUT2D eigenvalue weighted by atomic mass is 10.0. The van der Waals surface area contributed by atoms with E-state index >= 15 is 0 Å². The van der Waals surface area contributed by atoms with Crippen LogP contribution in [0.5, 0.6) is 5.75 Å². The number of rotatable bonds is 4. The van der Waals surface area contributed by atoms with Gasteiger partial charge in [0.1, 0.15) is 5.75 Å². The summed E-state index contributed by atoms with van der Waals surface area (Å²) < 4.78 is 5.21. The molecule has 3 unspecified atom stereocenters. The first-order valence-corrected chi connectivity index (χ1v) is 7.30. The third kappa shape index (κ3) is 2.77. The number of aliphatic hydroxyl groups is 1. The molecule has 0 bridgehead atoms. The van der Waals surface area contributed by atoms with E-state index in [-0.39, 0.29) is 0 Å². The number of hydrogen-bond donors (Lipinski definition) is 1. The van der Waals surface area contributed by atoms with Crippen LogP contribution in [-0.2, 0) is 0 Å². The van der Waals surface area contributed by atoms with Gasteiger partial charge in [-0.15, -0.1) is 0 Å². The molecule has 2 aliphatic rings. The summed E-state index contributed by atoms with van der Waals surface area (Å²) >= 11 is 0. The van der Waals surface area contributed by atoms with E-state index in [1.54, 1.807) is 7.11 Å². The predicted molar refractivity (Wildman–Crippen MR) is 75.2 cm³/mol. The fourth-order valence-corrected chi connectivity index (χ4v) is 3.68. The van der Waals surface area contributed by atoms with E-state index in [0.29, 0.717) is 0 Å². The number of fused-ring (bicyclic) bond motifs is 1. The first-order valence-electron chi connectivity index (χ1n) is 7.30. The molecular formula is C16H23NO2. The average Bonchev–Trinajstić information content (AvgIpc) is 2.99. The highest BCUT2D eigenvalue weighted by Gasteiger charge is 2.36. The van der Waals surface area contributed by atoms with E-state index in [2.05, 4.69) is 4.90 Å². The molecular weight excluding hydrogens is 238 g/mol. The summed E-state index contributed by atoms with van der Waals surface area (Å²) in [4.78, 5) is 2.43. The Labute approximate surface area is 115 Å². The molecule has 3 nitrogen and oxygen atoms in total. The highest BCUT2D eigenvalue weighted by molar-refractivity contribution is 5.29. The molecule has 1 aromatic rings. The third-order valence-electron chi connectivity index (χ3n) is 4.71. The zero-order chi connectivity index (χ0) is 13.2.